The largest absolute Gasteiger partial charge is 0.330 e. The van der Waals surface area contributed by atoms with Gasteiger partial charge in [0.25, 0.3) is 0 Å². The van der Waals surface area contributed by atoms with Crippen molar-refractivity contribution >= 4 is 0 Å². The summed E-state index contributed by atoms with van der Waals surface area (Å²) in [6.07, 6.45) is 7.96. The van der Waals surface area contributed by atoms with E-state index < -0.39 is 0 Å². The lowest BCUT2D eigenvalue weighted by Crippen LogP contribution is -2.50. The molecule has 0 aromatic heterocycles. The van der Waals surface area contributed by atoms with Gasteiger partial charge in [-0.2, -0.15) is 0 Å². The van der Waals surface area contributed by atoms with Gasteiger partial charge in [0.2, 0.25) is 0 Å². The van der Waals surface area contributed by atoms with E-state index in [0.717, 1.165) is 12.5 Å². The summed E-state index contributed by atoms with van der Waals surface area (Å²) in [6.45, 7) is 10.5. The molecule has 1 fully saturated rings. The van der Waals surface area contributed by atoms with Crippen LogP contribution in [0, 0.1) is 5.92 Å². The minimum atomic E-state index is 0.416. The molecule has 0 bridgehead atoms. The number of unbranched alkanes of at least 4 members (excludes halogenated alkanes) is 2. The third-order valence-electron chi connectivity index (χ3n) is 4.11. The highest BCUT2D eigenvalue weighted by Gasteiger charge is 2.33. The van der Waals surface area contributed by atoms with Crippen molar-refractivity contribution in [2.24, 2.45) is 11.7 Å². The van der Waals surface area contributed by atoms with Gasteiger partial charge in [-0.1, -0.05) is 19.8 Å². The van der Waals surface area contributed by atoms with Gasteiger partial charge in [0.1, 0.15) is 0 Å². The molecule has 0 aromatic carbocycles. The second kappa shape index (κ2) is 6.61. The normalized spacial score (nSPS) is 25.9. The monoisotopic (exact) mass is 226 g/mol. The Kier molecular flexibility index (Phi) is 5.77. The van der Waals surface area contributed by atoms with Gasteiger partial charge in [0, 0.05) is 12.1 Å². The molecule has 16 heavy (non-hydrogen) atoms. The SMILES string of the molecule is CCCCCN1CC(CCN)CCC1(C)C. The first kappa shape index (κ1) is 14.0. The standard InChI is InChI=1S/C14H30N2/c1-4-5-6-11-16-12-13(8-10-15)7-9-14(16,2)3/h13H,4-12,15H2,1-3H3. The average Bonchev–Trinajstić information content (AvgIpc) is 2.23. The van der Waals surface area contributed by atoms with E-state index in [1.807, 2.05) is 0 Å². The van der Waals surface area contributed by atoms with Crippen LogP contribution in [0.3, 0.4) is 0 Å². The van der Waals surface area contributed by atoms with Crippen LogP contribution in [0.25, 0.3) is 0 Å². The maximum atomic E-state index is 5.68. The van der Waals surface area contributed by atoms with E-state index in [9.17, 15) is 0 Å². The lowest BCUT2D eigenvalue weighted by atomic mass is 9.83. The highest BCUT2D eigenvalue weighted by atomic mass is 15.2. The van der Waals surface area contributed by atoms with E-state index in [4.69, 9.17) is 5.73 Å². The zero-order chi connectivity index (χ0) is 12.0. The third kappa shape index (κ3) is 4.06. The van der Waals surface area contributed by atoms with E-state index in [-0.39, 0.29) is 0 Å². The van der Waals surface area contributed by atoms with Crippen LogP contribution in [0.4, 0.5) is 0 Å². The second-order valence-electron chi connectivity index (χ2n) is 5.95. The predicted molar refractivity (Wildman–Crippen MR) is 71.6 cm³/mol. The van der Waals surface area contributed by atoms with Gasteiger partial charge >= 0.3 is 0 Å². The molecule has 0 aliphatic carbocycles. The van der Waals surface area contributed by atoms with E-state index in [1.54, 1.807) is 0 Å². The van der Waals surface area contributed by atoms with Crippen LogP contribution in [0.1, 0.15) is 59.3 Å². The van der Waals surface area contributed by atoms with Crippen LogP contribution < -0.4 is 5.73 Å². The summed E-state index contributed by atoms with van der Waals surface area (Å²) in [4.78, 5) is 2.70. The lowest BCUT2D eigenvalue weighted by molar-refractivity contribution is 0.0420. The van der Waals surface area contributed by atoms with Crippen molar-refractivity contribution in [1.29, 1.82) is 0 Å². The second-order valence-corrected chi connectivity index (χ2v) is 5.95. The van der Waals surface area contributed by atoms with E-state index in [1.165, 1.54) is 51.6 Å². The first-order valence-electron chi connectivity index (χ1n) is 7.05. The van der Waals surface area contributed by atoms with Crippen LogP contribution >= 0.6 is 0 Å². The zero-order valence-corrected chi connectivity index (χ0v) is 11.5. The van der Waals surface area contributed by atoms with Crippen LogP contribution in [-0.2, 0) is 0 Å². The Bertz CT molecular complexity index is 189. The molecular formula is C14H30N2. The van der Waals surface area contributed by atoms with Gasteiger partial charge in [0.15, 0.2) is 0 Å². The maximum absolute atomic E-state index is 5.68. The number of hydrogen-bond donors (Lipinski definition) is 1. The number of likely N-dealkylation sites (tertiary alicyclic amines) is 1. The van der Waals surface area contributed by atoms with Gasteiger partial charge in [-0.15, -0.1) is 0 Å². The summed E-state index contributed by atoms with van der Waals surface area (Å²) in [7, 11) is 0. The summed E-state index contributed by atoms with van der Waals surface area (Å²) < 4.78 is 0. The Labute approximate surface area is 102 Å². The number of nitrogens with zero attached hydrogens (tertiary/aromatic N) is 1. The average molecular weight is 226 g/mol. The van der Waals surface area contributed by atoms with Crippen LogP contribution in [-0.4, -0.2) is 30.1 Å². The molecular weight excluding hydrogens is 196 g/mol. The van der Waals surface area contributed by atoms with Crippen molar-refractivity contribution in [2.75, 3.05) is 19.6 Å². The molecule has 1 atom stereocenters. The van der Waals surface area contributed by atoms with Crippen molar-refractivity contribution in [3.63, 3.8) is 0 Å². The fourth-order valence-corrected chi connectivity index (χ4v) is 2.78. The molecule has 0 aromatic rings. The third-order valence-corrected chi connectivity index (χ3v) is 4.11. The summed E-state index contributed by atoms with van der Waals surface area (Å²) >= 11 is 0. The zero-order valence-electron chi connectivity index (χ0n) is 11.5. The van der Waals surface area contributed by atoms with Gasteiger partial charge in [0.05, 0.1) is 0 Å². The van der Waals surface area contributed by atoms with Crippen LogP contribution in [0.15, 0.2) is 0 Å². The Morgan fingerprint density at radius 1 is 1.31 bits per heavy atom. The van der Waals surface area contributed by atoms with Crippen molar-refractivity contribution in [3.8, 4) is 0 Å². The fourth-order valence-electron chi connectivity index (χ4n) is 2.78. The van der Waals surface area contributed by atoms with E-state index in [0.29, 0.717) is 5.54 Å². The van der Waals surface area contributed by atoms with Crippen LogP contribution in [0.2, 0.25) is 0 Å². The molecule has 0 amide bonds. The Hall–Kier alpha value is -0.0800. The molecule has 2 heteroatoms. The molecule has 1 rings (SSSR count). The number of piperidine rings is 1. The highest BCUT2D eigenvalue weighted by Crippen LogP contribution is 2.31. The van der Waals surface area contributed by atoms with E-state index >= 15 is 0 Å². The minimum Gasteiger partial charge on any atom is -0.330 e. The fraction of sp³-hybridized carbons (Fsp3) is 1.00. The molecule has 1 aliphatic heterocycles. The Balaban J connectivity index is 2.41. The van der Waals surface area contributed by atoms with Crippen molar-refractivity contribution < 1.29 is 0 Å². The van der Waals surface area contributed by atoms with E-state index in [2.05, 4.69) is 25.7 Å². The molecule has 1 saturated heterocycles. The molecule has 1 heterocycles. The molecule has 1 unspecified atom stereocenters. The summed E-state index contributed by atoms with van der Waals surface area (Å²) in [5.74, 6) is 0.847. The summed E-state index contributed by atoms with van der Waals surface area (Å²) in [6, 6.07) is 0. The van der Waals surface area contributed by atoms with Crippen molar-refractivity contribution in [2.45, 2.75) is 64.8 Å². The molecule has 1 aliphatic rings. The van der Waals surface area contributed by atoms with Crippen LogP contribution in [0.5, 0.6) is 0 Å². The van der Waals surface area contributed by atoms with Gasteiger partial charge in [-0.3, -0.25) is 4.90 Å². The maximum Gasteiger partial charge on any atom is 0.0153 e. The predicted octanol–water partition coefficient (Wildman–Crippen LogP) is 3.02. The number of nitrogens with two attached hydrogens (primary N) is 1. The topological polar surface area (TPSA) is 29.3 Å². The van der Waals surface area contributed by atoms with Gasteiger partial charge < -0.3 is 5.73 Å². The van der Waals surface area contributed by atoms with Crippen molar-refractivity contribution in [3.05, 3.63) is 0 Å². The minimum absolute atomic E-state index is 0.416. The van der Waals surface area contributed by atoms with Gasteiger partial charge in [-0.25, -0.2) is 0 Å². The molecule has 96 valence electrons. The lowest BCUT2D eigenvalue weighted by Gasteiger charge is -2.46. The molecule has 0 spiro atoms. The smallest absolute Gasteiger partial charge is 0.0153 e. The first-order valence-corrected chi connectivity index (χ1v) is 7.05. The molecule has 2 N–H and O–H groups in total. The van der Waals surface area contributed by atoms with Gasteiger partial charge in [-0.05, 0) is 58.5 Å². The highest BCUT2D eigenvalue weighted by molar-refractivity contribution is 4.88. The molecule has 0 saturated carbocycles. The quantitative estimate of drug-likeness (QED) is 0.705. The Morgan fingerprint density at radius 3 is 2.69 bits per heavy atom. The van der Waals surface area contributed by atoms with Crippen molar-refractivity contribution in [1.82, 2.24) is 4.90 Å². The molecule has 0 radical (unpaired) electrons. The number of hydrogen-bond acceptors (Lipinski definition) is 2. The Morgan fingerprint density at radius 2 is 2.06 bits per heavy atom. The molecule has 2 nitrogen and oxygen atoms in total. The summed E-state index contributed by atoms with van der Waals surface area (Å²) in [5, 5.41) is 0. The summed E-state index contributed by atoms with van der Waals surface area (Å²) in [5.41, 5.74) is 6.09. The number of rotatable bonds is 6. The first-order chi connectivity index (χ1) is 7.60.